The molecule has 1 N–H and O–H groups in total. The molecule has 2 heterocycles. The minimum Gasteiger partial charge on any atom is -0.354 e. The number of pyridine rings is 1. The van der Waals surface area contributed by atoms with Gasteiger partial charge in [0.05, 0.1) is 12.3 Å². The van der Waals surface area contributed by atoms with Crippen LogP contribution < -0.4 is 5.32 Å². The topological polar surface area (TPSA) is 62.3 Å². The van der Waals surface area contributed by atoms with Crippen molar-refractivity contribution in [3.8, 4) is 11.1 Å². The number of amides is 2. The molecule has 1 atom stereocenters. The van der Waals surface area contributed by atoms with Crippen LogP contribution in [0, 0.1) is 11.7 Å². The molecule has 0 radical (unpaired) electrons. The Balaban J connectivity index is 1.44. The van der Waals surface area contributed by atoms with Crippen molar-refractivity contribution in [1.29, 1.82) is 0 Å². The van der Waals surface area contributed by atoms with Crippen LogP contribution in [-0.4, -0.2) is 41.3 Å². The van der Waals surface area contributed by atoms with E-state index in [-0.39, 0.29) is 30.0 Å². The van der Waals surface area contributed by atoms with Crippen molar-refractivity contribution >= 4 is 11.8 Å². The van der Waals surface area contributed by atoms with Crippen LogP contribution in [0.4, 0.5) is 4.39 Å². The van der Waals surface area contributed by atoms with Crippen molar-refractivity contribution in [3.63, 3.8) is 0 Å². The van der Waals surface area contributed by atoms with E-state index in [1.807, 2.05) is 36.4 Å². The van der Waals surface area contributed by atoms with Gasteiger partial charge in [-0.2, -0.15) is 0 Å². The van der Waals surface area contributed by atoms with Gasteiger partial charge in [0.2, 0.25) is 11.8 Å². The predicted molar refractivity (Wildman–Crippen MR) is 117 cm³/mol. The molecule has 1 unspecified atom stereocenters. The first-order valence-corrected chi connectivity index (χ1v) is 10.4. The van der Waals surface area contributed by atoms with Crippen molar-refractivity contribution in [1.82, 2.24) is 15.2 Å². The Labute approximate surface area is 180 Å². The second-order valence-corrected chi connectivity index (χ2v) is 7.75. The van der Waals surface area contributed by atoms with Gasteiger partial charge in [0, 0.05) is 37.6 Å². The number of benzene rings is 2. The summed E-state index contributed by atoms with van der Waals surface area (Å²) >= 11 is 0. The van der Waals surface area contributed by atoms with Gasteiger partial charge < -0.3 is 10.2 Å². The van der Waals surface area contributed by atoms with Crippen LogP contribution in [0.2, 0.25) is 0 Å². The third-order valence-corrected chi connectivity index (χ3v) is 5.54. The summed E-state index contributed by atoms with van der Waals surface area (Å²) in [6, 6.07) is 17.9. The number of nitrogens with zero attached hydrogens (tertiary/aromatic N) is 2. The van der Waals surface area contributed by atoms with Crippen LogP contribution in [-0.2, 0) is 22.4 Å². The fourth-order valence-electron chi connectivity index (χ4n) is 3.87. The number of rotatable bonds is 5. The summed E-state index contributed by atoms with van der Waals surface area (Å²) in [5.41, 5.74) is 3.17. The summed E-state index contributed by atoms with van der Waals surface area (Å²) in [5, 5.41) is 2.91. The van der Waals surface area contributed by atoms with Gasteiger partial charge in [-0.3, -0.25) is 14.6 Å². The minimum absolute atomic E-state index is 0.00981. The van der Waals surface area contributed by atoms with E-state index in [4.69, 9.17) is 0 Å². The van der Waals surface area contributed by atoms with Gasteiger partial charge in [-0.15, -0.1) is 0 Å². The third-order valence-electron chi connectivity index (χ3n) is 5.54. The molecule has 0 aliphatic carbocycles. The lowest BCUT2D eigenvalue weighted by atomic mass is 9.96. The number of hydrogen-bond acceptors (Lipinski definition) is 3. The summed E-state index contributed by atoms with van der Waals surface area (Å²) < 4.78 is 14.0. The highest BCUT2D eigenvalue weighted by Gasteiger charge is 2.27. The molecular weight excluding hydrogens is 393 g/mol. The van der Waals surface area contributed by atoms with Crippen LogP contribution >= 0.6 is 0 Å². The molecule has 6 heteroatoms. The van der Waals surface area contributed by atoms with Crippen LogP contribution in [0.25, 0.3) is 11.1 Å². The largest absolute Gasteiger partial charge is 0.354 e. The van der Waals surface area contributed by atoms with Crippen molar-refractivity contribution < 1.29 is 14.0 Å². The fourth-order valence-corrected chi connectivity index (χ4v) is 3.87. The van der Waals surface area contributed by atoms with Gasteiger partial charge in [0.25, 0.3) is 0 Å². The van der Waals surface area contributed by atoms with Crippen LogP contribution in [0.1, 0.15) is 11.1 Å². The molecule has 2 amide bonds. The summed E-state index contributed by atoms with van der Waals surface area (Å²) in [6.07, 6.45) is 4.15. The van der Waals surface area contributed by atoms with Crippen molar-refractivity contribution in [2.75, 3.05) is 19.6 Å². The van der Waals surface area contributed by atoms with E-state index in [1.54, 1.807) is 35.5 Å². The van der Waals surface area contributed by atoms with E-state index in [9.17, 15) is 14.0 Å². The molecule has 1 fully saturated rings. The summed E-state index contributed by atoms with van der Waals surface area (Å²) in [5.74, 6) is -0.653. The lowest BCUT2D eigenvalue weighted by Crippen LogP contribution is -2.38. The second-order valence-electron chi connectivity index (χ2n) is 7.75. The molecule has 31 heavy (non-hydrogen) atoms. The van der Waals surface area contributed by atoms with E-state index in [1.165, 1.54) is 6.07 Å². The SMILES string of the molecule is O=C1NCCN(C(=O)Cc2cccnc2)CC1Cc1ccc(-c2ccccc2F)cc1. The van der Waals surface area contributed by atoms with Gasteiger partial charge >= 0.3 is 0 Å². The minimum atomic E-state index is -0.334. The molecule has 1 aromatic heterocycles. The maximum absolute atomic E-state index is 14.0. The zero-order chi connectivity index (χ0) is 21.6. The van der Waals surface area contributed by atoms with Crippen LogP contribution in [0.3, 0.4) is 0 Å². The Morgan fingerprint density at radius 3 is 2.61 bits per heavy atom. The van der Waals surface area contributed by atoms with Crippen molar-refractivity contribution in [2.24, 2.45) is 5.92 Å². The first kappa shape index (κ1) is 20.7. The van der Waals surface area contributed by atoms with Crippen molar-refractivity contribution in [2.45, 2.75) is 12.8 Å². The normalized spacial score (nSPS) is 16.5. The number of aromatic nitrogens is 1. The van der Waals surface area contributed by atoms with E-state index in [0.29, 0.717) is 31.6 Å². The molecule has 1 aliphatic rings. The number of hydrogen-bond donors (Lipinski definition) is 1. The fraction of sp³-hybridized carbons (Fsp3) is 0.240. The Bertz CT molecular complexity index is 1050. The second kappa shape index (κ2) is 9.51. The van der Waals surface area contributed by atoms with Gasteiger partial charge in [-0.25, -0.2) is 4.39 Å². The summed E-state index contributed by atoms with van der Waals surface area (Å²) in [4.78, 5) is 31.2. The number of carbonyl (C=O) groups excluding carboxylic acids is 2. The lowest BCUT2D eigenvalue weighted by molar-refractivity contribution is -0.131. The Morgan fingerprint density at radius 1 is 1.06 bits per heavy atom. The average Bonchev–Trinajstić information content (AvgIpc) is 2.97. The highest BCUT2D eigenvalue weighted by atomic mass is 19.1. The summed E-state index contributed by atoms with van der Waals surface area (Å²) in [6.45, 7) is 1.31. The third kappa shape index (κ3) is 5.15. The zero-order valence-corrected chi connectivity index (χ0v) is 17.1. The van der Waals surface area contributed by atoms with Crippen LogP contribution in [0.15, 0.2) is 73.1 Å². The monoisotopic (exact) mass is 417 g/mol. The Kier molecular flexibility index (Phi) is 6.36. The number of nitrogens with one attached hydrogen (secondary N) is 1. The van der Waals surface area contributed by atoms with Crippen LogP contribution in [0.5, 0.6) is 0 Å². The van der Waals surface area contributed by atoms with Gasteiger partial charge in [-0.1, -0.05) is 48.5 Å². The van der Waals surface area contributed by atoms with E-state index in [0.717, 1.165) is 16.7 Å². The lowest BCUT2D eigenvalue weighted by Gasteiger charge is -2.23. The summed E-state index contributed by atoms with van der Waals surface area (Å²) in [7, 11) is 0. The molecule has 158 valence electrons. The van der Waals surface area contributed by atoms with Crippen molar-refractivity contribution in [3.05, 3.63) is 90.0 Å². The highest BCUT2D eigenvalue weighted by molar-refractivity contribution is 5.83. The maximum Gasteiger partial charge on any atom is 0.227 e. The van der Waals surface area contributed by atoms with Gasteiger partial charge in [-0.05, 0) is 35.2 Å². The number of carbonyl (C=O) groups is 2. The zero-order valence-electron chi connectivity index (χ0n) is 17.1. The first-order valence-electron chi connectivity index (χ1n) is 10.4. The molecule has 0 saturated carbocycles. The molecule has 3 aromatic rings. The molecule has 2 aromatic carbocycles. The quantitative estimate of drug-likeness (QED) is 0.693. The molecule has 4 rings (SSSR count). The smallest absolute Gasteiger partial charge is 0.227 e. The van der Waals surface area contributed by atoms with E-state index in [2.05, 4.69) is 10.3 Å². The average molecular weight is 417 g/mol. The molecule has 1 aliphatic heterocycles. The Morgan fingerprint density at radius 2 is 1.87 bits per heavy atom. The standard InChI is InChI=1S/C25H24FN3O2/c26-23-6-2-1-5-22(23)20-9-7-18(8-10-20)14-21-17-29(13-12-28-25(21)31)24(30)15-19-4-3-11-27-16-19/h1-11,16,21H,12-15,17H2,(H,28,31). The van der Waals surface area contributed by atoms with E-state index >= 15 is 0 Å². The molecule has 0 bridgehead atoms. The predicted octanol–water partition coefficient (Wildman–Crippen LogP) is 3.25. The molecule has 1 saturated heterocycles. The number of halogens is 1. The highest BCUT2D eigenvalue weighted by Crippen LogP contribution is 2.24. The molecule has 5 nitrogen and oxygen atoms in total. The maximum atomic E-state index is 14.0. The molecular formula is C25H24FN3O2. The van der Waals surface area contributed by atoms with Gasteiger partial charge in [0.1, 0.15) is 5.82 Å². The Hall–Kier alpha value is -3.54. The molecule has 0 spiro atoms. The van der Waals surface area contributed by atoms with E-state index < -0.39 is 0 Å². The van der Waals surface area contributed by atoms with Gasteiger partial charge in [0.15, 0.2) is 0 Å². The first-order chi connectivity index (χ1) is 15.1.